The molecule has 8 nitrogen and oxygen atoms in total. The second-order valence-corrected chi connectivity index (χ2v) is 13.1. The molecule has 224 valence electrons. The molecule has 1 aliphatic heterocycles. The van der Waals surface area contributed by atoms with Gasteiger partial charge < -0.3 is 19.0 Å². The molecule has 1 saturated carbocycles. The molecule has 2 fully saturated rings. The van der Waals surface area contributed by atoms with Crippen molar-refractivity contribution < 1.29 is 31.7 Å². The Balaban J connectivity index is 1.37. The molecule has 4 aromatic rings. The smallest absolute Gasteiger partial charge is 0.455 e. The first-order valence-corrected chi connectivity index (χ1v) is 15.4. The van der Waals surface area contributed by atoms with Crippen LogP contribution >= 0.6 is 0 Å². The largest absolute Gasteiger partial charge is 0.494 e. The summed E-state index contributed by atoms with van der Waals surface area (Å²) in [5, 5.41) is 3.27. The zero-order chi connectivity index (χ0) is 30.7. The van der Waals surface area contributed by atoms with Crippen LogP contribution in [0, 0.1) is 5.82 Å². The molecule has 1 saturated heterocycles. The van der Waals surface area contributed by atoms with Gasteiger partial charge in [0.05, 0.1) is 29.0 Å². The first-order chi connectivity index (χ1) is 20.4. The summed E-state index contributed by atoms with van der Waals surface area (Å²) >= 11 is -2.35. The Morgan fingerprint density at radius 1 is 1.05 bits per heavy atom. The molecule has 2 heterocycles. The third kappa shape index (κ3) is 5.51. The molecular weight excluding hydrogens is 570 g/mol. The van der Waals surface area contributed by atoms with Crippen LogP contribution < -0.4 is 15.1 Å². The highest BCUT2D eigenvalue weighted by Gasteiger charge is 2.51. The standard InChI is InChI=1S/C32H34BFN2O6S/c1-31(2)32(3,4)42-33(41-31)22-12-6-19(7-13-22)18-36(43(38)39)26-17-27-25(16-24(26)20-8-9-20)28(30(37)35-5)29(40-27)21-10-14-23(34)15-11-21/h6-7,10-17,20H,8-9,18H2,1-5H3,(H,35,37)(H,38,39). The van der Waals surface area contributed by atoms with Gasteiger partial charge in [0, 0.05) is 24.1 Å². The predicted molar refractivity (Wildman–Crippen MR) is 166 cm³/mol. The van der Waals surface area contributed by atoms with Gasteiger partial charge in [-0.05, 0) is 93.4 Å². The summed E-state index contributed by atoms with van der Waals surface area (Å²) in [6, 6.07) is 17.0. The molecule has 6 rings (SSSR count). The predicted octanol–water partition coefficient (Wildman–Crippen LogP) is 5.92. The van der Waals surface area contributed by atoms with Gasteiger partial charge in [-0.2, -0.15) is 0 Å². The van der Waals surface area contributed by atoms with Crippen molar-refractivity contribution in [3.8, 4) is 11.3 Å². The number of halogens is 1. The van der Waals surface area contributed by atoms with Crippen molar-refractivity contribution in [1.29, 1.82) is 0 Å². The molecule has 11 heteroatoms. The Labute approximate surface area is 253 Å². The van der Waals surface area contributed by atoms with E-state index >= 15 is 0 Å². The lowest BCUT2D eigenvalue weighted by atomic mass is 9.79. The zero-order valence-corrected chi connectivity index (χ0v) is 25.6. The molecule has 0 spiro atoms. The van der Waals surface area contributed by atoms with E-state index in [1.807, 2.05) is 58.0 Å². The van der Waals surface area contributed by atoms with Crippen LogP contribution in [0.4, 0.5) is 10.1 Å². The van der Waals surface area contributed by atoms with Gasteiger partial charge in [0.2, 0.25) is 0 Å². The monoisotopic (exact) mass is 604 g/mol. The van der Waals surface area contributed by atoms with E-state index in [1.165, 1.54) is 16.4 Å². The van der Waals surface area contributed by atoms with Gasteiger partial charge in [0.1, 0.15) is 17.2 Å². The Morgan fingerprint density at radius 2 is 1.67 bits per heavy atom. The number of fused-ring (bicyclic) bond motifs is 1. The summed E-state index contributed by atoms with van der Waals surface area (Å²) in [5.74, 6) is -0.233. The highest BCUT2D eigenvalue weighted by atomic mass is 32.2. The van der Waals surface area contributed by atoms with E-state index in [9.17, 15) is 17.9 Å². The molecule has 1 atom stereocenters. The molecule has 1 aromatic heterocycles. The average molecular weight is 605 g/mol. The molecule has 43 heavy (non-hydrogen) atoms. The van der Waals surface area contributed by atoms with E-state index in [2.05, 4.69) is 5.32 Å². The number of furan rings is 1. The molecule has 2 N–H and O–H groups in total. The van der Waals surface area contributed by atoms with E-state index in [-0.39, 0.29) is 18.4 Å². The Kier molecular flexibility index (Phi) is 7.49. The first kappa shape index (κ1) is 29.6. The van der Waals surface area contributed by atoms with Gasteiger partial charge in [-0.25, -0.2) is 8.60 Å². The van der Waals surface area contributed by atoms with Gasteiger partial charge in [-0.1, -0.05) is 24.3 Å². The summed E-state index contributed by atoms with van der Waals surface area (Å²) < 4.78 is 56.9. The molecule has 2 aliphatic rings. The summed E-state index contributed by atoms with van der Waals surface area (Å²) in [6.07, 6.45) is 1.87. The SMILES string of the molecule is CNC(=O)c1c(-c2ccc(F)cc2)oc2cc(N(Cc3ccc(B4OC(C)(C)C(C)(C)O4)cc3)S(=O)O)c(C3CC3)cc12. The molecule has 1 amide bonds. The minimum atomic E-state index is -2.35. The molecule has 3 aromatic carbocycles. The number of nitrogens with one attached hydrogen (secondary N) is 1. The van der Waals surface area contributed by atoms with Crippen LogP contribution in [0.25, 0.3) is 22.3 Å². The second kappa shape index (κ2) is 10.9. The summed E-state index contributed by atoms with van der Waals surface area (Å²) in [7, 11) is 1.04. The number of hydrogen-bond donors (Lipinski definition) is 2. The van der Waals surface area contributed by atoms with Gasteiger partial charge >= 0.3 is 7.12 Å². The van der Waals surface area contributed by atoms with E-state index < -0.39 is 35.4 Å². The highest BCUT2D eigenvalue weighted by molar-refractivity contribution is 7.80. The lowest BCUT2D eigenvalue weighted by Gasteiger charge is -2.32. The molecule has 1 aliphatic carbocycles. The van der Waals surface area contributed by atoms with Crippen LogP contribution in [-0.2, 0) is 27.1 Å². The van der Waals surface area contributed by atoms with Crippen molar-refractivity contribution in [1.82, 2.24) is 5.32 Å². The minimum Gasteiger partial charge on any atom is -0.455 e. The third-order valence-corrected chi connectivity index (χ3v) is 9.41. The zero-order valence-electron chi connectivity index (χ0n) is 24.8. The van der Waals surface area contributed by atoms with Gasteiger partial charge in [0.25, 0.3) is 17.2 Å². The molecule has 0 bridgehead atoms. The maximum atomic E-state index is 13.7. The second-order valence-electron chi connectivity index (χ2n) is 12.2. The lowest BCUT2D eigenvalue weighted by molar-refractivity contribution is 0.00578. The van der Waals surface area contributed by atoms with Crippen LogP contribution in [0.2, 0.25) is 0 Å². The van der Waals surface area contributed by atoms with E-state index in [4.69, 9.17) is 13.7 Å². The normalized spacial score (nSPS) is 18.2. The number of nitrogens with zero attached hydrogens (tertiary/aromatic N) is 1. The van der Waals surface area contributed by atoms with E-state index in [0.29, 0.717) is 33.5 Å². The summed E-state index contributed by atoms with van der Waals surface area (Å²) in [5.41, 5.74) is 3.49. The van der Waals surface area contributed by atoms with Gasteiger partial charge in [-0.3, -0.25) is 13.7 Å². The average Bonchev–Trinajstić information content (AvgIpc) is 3.70. The van der Waals surface area contributed by atoms with Crippen molar-refractivity contribution in [2.24, 2.45) is 0 Å². The van der Waals surface area contributed by atoms with Crippen LogP contribution in [0.15, 0.2) is 65.1 Å². The fourth-order valence-corrected chi connectivity index (χ4v) is 5.98. The number of anilines is 1. The maximum Gasteiger partial charge on any atom is 0.494 e. The number of benzene rings is 3. The quantitative estimate of drug-likeness (QED) is 0.191. The van der Waals surface area contributed by atoms with Crippen molar-refractivity contribution in [2.75, 3.05) is 11.4 Å². The lowest BCUT2D eigenvalue weighted by Crippen LogP contribution is -2.41. The minimum absolute atomic E-state index is 0.159. The van der Waals surface area contributed by atoms with Crippen LogP contribution in [0.1, 0.15) is 67.9 Å². The van der Waals surface area contributed by atoms with Crippen molar-refractivity contribution >= 4 is 46.4 Å². The van der Waals surface area contributed by atoms with E-state index in [1.54, 1.807) is 25.2 Å². The fourth-order valence-electron chi connectivity index (χ4n) is 5.39. The number of carbonyl (C=O) groups excluding carboxylic acids is 1. The number of amides is 1. The maximum absolute atomic E-state index is 13.7. The van der Waals surface area contributed by atoms with Gasteiger partial charge in [0.15, 0.2) is 0 Å². The van der Waals surface area contributed by atoms with Crippen LogP contribution in [-0.4, -0.2) is 40.0 Å². The van der Waals surface area contributed by atoms with Gasteiger partial charge in [-0.15, -0.1) is 0 Å². The molecule has 1 unspecified atom stereocenters. The third-order valence-electron chi connectivity index (χ3n) is 8.70. The number of carbonyl (C=O) groups is 1. The van der Waals surface area contributed by atoms with E-state index in [0.717, 1.165) is 29.4 Å². The van der Waals surface area contributed by atoms with Crippen LogP contribution in [0.5, 0.6) is 0 Å². The first-order valence-electron chi connectivity index (χ1n) is 14.3. The Hall–Kier alpha value is -3.51. The molecular formula is C32H34BFN2O6S. The topological polar surface area (TPSA) is 101 Å². The number of hydrogen-bond acceptors (Lipinski definition) is 5. The van der Waals surface area contributed by atoms with Crippen molar-refractivity contribution in [3.05, 3.63) is 83.2 Å². The number of rotatable bonds is 8. The summed E-state index contributed by atoms with van der Waals surface area (Å²) in [4.78, 5) is 13.0. The fraction of sp³-hybridized carbons (Fsp3) is 0.344. The molecule has 0 radical (unpaired) electrons. The van der Waals surface area contributed by atoms with Crippen molar-refractivity contribution in [3.63, 3.8) is 0 Å². The summed E-state index contributed by atoms with van der Waals surface area (Å²) in [6.45, 7) is 8.17. The van der Waals surface area contributed by atoms with Crippen molar-refractivity contribution in [2.45, 2.75) is 64.2 Å². The van der Waals surface area contributed by atoms with Crippen LogP contribution in [0.3, 0.4) is 0 Å². The Morgan fingerprint density at radius 3 is 2.23 bits per heavy atom. The highest BCUT2D eigenvalue weighted by Crippen LogP contribution is 2.48. The Bertz CT molecular complexity index is 1700.